The van der Waals surface area contributed by atoms with Crippen molar-refractivity contribution in [3.8, 4) is 5.75 Å². The molecule has 1 aliphatic rings. The van der Waals surface area contributed by atoms with Crippen molar-refractivity contribution in [3.63, 3.8) is 0 Å². The van der Waals surface area contributed by atoms with Crippen LogP contribution in [0.5, 0.6) is 5.75 Å². The molecule has 6 rings (SSSR count). The van der Waals surface area contributed by atoms with Crippen LogP contribution in [-0.2, 0) is 13.2 Å². The van der Waals surface area contributed by atoms with E-state index in [1.807, 2.05) is 73.3 Å². The molecule has 1 saturated heterocycles. The number of aromatic nitrogens is 4. The van der Waals surface area contributed by atoms with Crippen LogP contribution < -0.4 is 4.74 Å². The molecule has 0 aliphatic carbocycles. The lowest BCUT2D eigenvalue weighted by Gasteiger charge is -2.32. The maximum Gasteiger partial charge on any atom is 0.253 e. The molecule has 1 fully saturated rings. The zero-order valence-electron chi connectivity index (χ0n) is 21.8. The molecule has 192 valence electrons. The van der Waals surface area contributed by atoms with Gasteiger partial charge in [0.2, 0.25) is 0 Å². The quantitative estimate of drug-likeness (QED) is 0.295. The molecule has 0 spiro atoms. The van der Waals surface area contributed by atoms with Crippen LogP contribution in [0.15, 0.2) is 72.8 Å². The van der Waals surface area contributed by atoms with Crippen LogP contribution >= 0.6 is 0 Å². The van der Waals surface area contributed by atoms with Gasteiger partial charge in [0.15, 0.2) is 0 Å². The number of carbonyl (C=O) groups excluding carboxylic acids is 1. The van der Waals surface area contributed by atoms with Gasteiger partial charge in [-0.2, -0.15) is 0 Å². The number of fused-ring (bicyclic) bond motifs is 2. The number of hydrogen-bond donors (Lipinski definition) is 0. The Hall–Kier alpha value is -4.26. The minimum atomic E-state index is 0.0652. The highest BCUT2D eigenvalue weighted by Crippen LogP contribution is 2.26. The maximum atomic E-state index is 13.3. The molecule has 0 unspecified atom stereocenters. The van der Waals surface area contributed by atoms with E-state index in [1.165, 1.54) is 0 Å². The summed E-state index contributed by atoms with van der Waals surface area (Å²) < 4.78 is 8.35. The fraction of sp³-hybridized carbons (Fsp3) is 0.290. The van der Waals surface area contributed by atoms with Gasteiger partial charge in [0, 0.05) is 25.2 Å². The van der Waals surface area contributed by atoms with Crippen molar-refractivity contribution < 1.29 is 9.53 Å². The Balaban J connectivity index is 1.14. The molecule has 0 bridgehead atoms. The molecule has 1 amide bonds. The van der Waals surface area contributed by atoms with Crippen LogP contribution in [0.2, 0.25) is 0 Å². The topological polar surface area (TPSA) is 73.1 Å². The molecule has 3 heterocycles. The summed E-state index contributed by atoms with van der Waals surface area (Å²) in [5, 5.41) is 0. The van der Waals surface area contributed by atoms with E-state index >= 15 is 0 Å². The van der Waals surface area contributed by atoms with E-state index in [9.17, 15) is 4.79 Å². The average Bonchev–Trinajstić information content (AvgIpc) is 3.30. The number of rotatable bonds is 6. The lowest BCUT2D eigenvalue weighted by molar-refractivity contribution is 0.0682. The van der Waals surface area contributed by atoms with E-state index in [0.29, 0.717) is 18.1 Å². The Labute approximate surface area is 222 Å². The SMILES string of the molecule is Cc1nc2ccc(C(=O)N3CCC(Cn4c(COc5ccccc5)nc5ccccc54)CC3)cc2nc1C. The van der Waals surface area contributed by atoms with Gasteiger partial charge in [-0.05, 0) is 75.1 Å². The number of benzene rings is 3. The molecular weight excluding hydrogens is 474 g/mol. The normalized spacial score (nSPS) is 14.3. The summed E-state index contributed by atoms with van der Waals surface area (Å²) in [6.07, 6.45) is 1.89. The third-order valence-corrected chi connectivity index (χ3v) is 7.51. The van der Waals surface area contributed by atoms with Crippen molar-refractivity contribution in [2.45, 2.75) is 39.8 Å². The second kappa shape index (κ2) is 10.2. The number of para-hydroxylation sites is 3. The van der Waals surface area contributed by atoms with E-state index in [4.69, 9.17) is 9.72 Å². The predicted molar refractivity (Wildman–Crippen MR) is 148 cm³/mol. The van der Waals surface area contributed by atoms with Crippen molar-refractivity contribution in [2.75, 3.05) is 13.1 Å². The van der Waals surface area contributed by atoms with Gasteiger partial charge in [-0.25, -0.2) is 15.0 Å². The van der Waals surface area contributed by atoms with E-state index in [0.717, 1.165) is 77.5 Å². The van der Waals surface area contributed by atoms with Gasteiger partial charge in [0.25, 0.3) is 5.91 Å². The number of aryl methyl sites for hydroxylation is 2. The Morgan fingerprint density at radius 2 is 1.55 bits per heavy atom. The van der Waals surface area contributed by atoms with Gasteiger partial charge in [-0.15, -0.1) is 0 Å². The molecule has 7 nitrogen and oxygen atoms in total. The molecule has 38 heavy (non-hydrogen) atoms. The van der Waals surface area contributed by atoms with Crippen LogP contribution in [0.1, 0.15) is 40.4 Å². The molecule has 0 saturated carbocycles. The molecule has 1 aliphatic heterocycles. The first-order chi connectivity index (χ1) is 18.5. The van der Waals surface area contributed by atoms with Gasteiger partial charge >= 0.3 is 0 Å². The van der Waals surface area contributed by atoms with Crippen molar-refractivity contribution >= 4 is 28.0 Å². The van der Waals surface area contributed by atoms with Crippen LogP contribution in [-0.4, -0.2) is 43.4 Å². The average molecular weight is 506 g/mol. The summed E-state index contributed by atoms with van der Waals surface area (Å²) in [5.41, 5.74) is 6.18. The Bertz CT molecular complexity index is 1600. The molecular formula is C31H31N5O2. The van der Waals surface area contributed by atoms with Gasteiger partial charge < -0.3 is 14.2 Å². The summed E-state index contributed by atoms with van der Waals surface area (Å²) in [4.78, 5) is 29.4. The molecule has 3 aromatic carbocycles. The first-order valence-electron chi connectivity index (χ1n) is 13.2. The summed E-state index contributed by atoms with van der Waals surface area (Å²) in [5.74, 6) is 2.29. The van der Waals surface area contributed by atoms with Gasteiger partial charge in [0.1, 0.15) is 18.2 Å². The number of piperidine rings is 1. The summed E-state index contributed by atoms with van der Waals surface area (Å²) in [7, 11) is 0. The van der Waals surface area contributed by atoms with Crippen LogP contribution in [0.25, 0.3) is 22.1 Å². The van der Waals surface area contributed by atoms with E-state index < -0.39 is 0 Å². The first kappa shape index (κ1) is 24.1. The van der Waals surface area contributed by atoms with Crippen LogP contribution in [0.3, 0.4) is 0 Å². The summed E-state index contributed by atoms with van der Waals surface area (Å²) in [6.45, 7) is 6.66. The number of nitrogens with zero attached hydrogens (tertiary/aromatic N) is 5. The van der Waals surface area contributed by atoms with Gasteiger partial charge in [0.05, 0.1) is 33.5 Å². The lowest BCUT2D eigenvalue weighted by Crippen LogP contribution is -2.39. The van der Waals surface area contributed by atoms with E-state index in [2.05, 4.69) is 32.7 Å². The number of hydrogen-bond acceptors (Lipinski definition) is 5. The number of likely N-dealkylation sites (tertiary alicyclic amines) is 1. The lowest BCUT2D eigenvalue weighted by atomic mass is 9.96. The number of amides is 1. The first-order valence-corrected chi connectivity index (χ1v) is 13.2. The fourth-order valence-corrected chi connectivity index (χ4v) is 5.23. The minimum Gasteiger partial charge on any atom is -0.486 e. The number of carbonyl (C=O) groups is 1. The summed E-state index contributed by atoms with van der Waals surface area (Å²) in [6, 6.07) is 23.8. The van der Waals surface area contributed by atoms with Crippen LogP contribution in [0.4, 0.5) is 0 Å². The Morgan fingerprint density at radius 3 is 2.34 bits per heavy atom. The zero-order valence-corrected chi connectivity index (χ0v) is 21.8. The highest BCUT2D eigenvalue weighted by molar-refractivity contribution is 5.97. The third-order valence-electron chi connectivity index (χ3n) is 7.51. The molecule has 2 aromatic heterocycles. The van der Waals surface area contributed by atoms with E-state index in [-0.39, 0.29) is 5.91 Å². The van der Waals surface area contributed by atoms with Crippen molar-refractivity contribution in [1.29, 1.82) is 0 Å². The Morgan fingerprint density at radius 1 is 0.842 bits per heavy atom. The second-order valence-electron chi connectivity index (χ2n) is 10.1. The van der Waals surface area contributed by atoms with Crippen LogP contribution in [0, 0.1) is 19.8 Å². The van der Waals surface area contributed by atoms with Crippen molar-refractivity contribution in [1.82, 2.24) is 24.4 Å². The highest BCUT2D eigenvalue weighted by atomic mass is 16.5. The number of imidazole rings is 1. The predicted octanol–water partition coefficient (Wildman–Crippen LogP) is 5.73. The third kappa shape index (κ3) is 4.84. The van der Waals surface area contributed by atoms with Gasteiger partial charge in [-0.1, -0.05) is 30.3 Å². The molecule has 0 radical (unpaired) electrons. The molecule has 7 heteroatoms. The maximum absolute atomic E-state index is 13.3. The molecule has 0 N–H and O–H groups in total. The zero-order chi connectivity index (χ0) is 26.1. The fourth-order valence-electron chi connectivity index (χ4n) is 5.23. The van der Waals surface area contributed by atoms with Crippen molar-refractivity contribution in [3.05, 3.63) is 95.6 Å². The highest BCUT2D eigenvalue weighted by Gasteiger charge is 2.25. The molecule has 5 aromatic rings. The van der Waals surface area contributed by atoms with Gasteiger partial charge in [-0.3, -0.25) is 4.79 Å². The van der Waals surface area contributed by atoms with Crippen molar-refractivity contribution in [2.24, 2.45) is 5.92 Å². The largest absolute Gasteiger partial charge is 0.486 e. The molecule has 0 atom stereocenters. The summed E-state index contributed by atoms with van der Waals surface area (Å²) >= 11 is 0. The Kier molecular flexibility index (Phi) is 6.50. The number of ether oxygens (including phenoxy) is 1. The standard InChI is InChI=1S/C31H31N5O2/c1-21-22(2)33-28-18-24(12-13-26(28)32-21)31(37)35-16-14-23(15-17-35)19-36-29-11-7-6-10-27(29)34-30(36)20-38-25-8-4-3-5-9-25/h3-13,18,23H,14-17,19-20H2,1-2H3. The minimum absolute atomic E-state index is 0.0652. The van der Waals surface area contributed by atoms with E-state index in [1.54, 1.807) is 0 Å². The second-order valence-corrected chi connectivity index (χ2v) is 10.1. The smallest absolute Gasteiger partial charge is 0.253 e. The monoisotopic (exact) mass is 505 g/mol.